The molecule has 2 unspecified atom stereocenters. The van der Waals surface area contributed by atoms with Gasteiger partial charge in [-0.25, -0.2) is 0 Å². The van der Waals surface area contributed by atoms with Crippen molar-refractivity contribution in [2.75, 3.05) is 7.11 Å². The second-order valence-electron chi connectivity index (χ2n) is 3.13. The Hall–Kier alpha value is 0.157. The summed E-state index contributed by atoms with van der Waals surface area (Å²) < 4.78 is 4.58. The van der Waals surface area contributed by atoms with Crippen molar-refractivity contribution in [1.82, 2.24) is 0 Å². The van der Waals surface area contributed by atoms with Crippen LogP contribution in [0.4, 0.5) is 0 Å². The maximum absolute atomic E-state index is 9.35. The fraction of sp³-hybridized carbons (Fsp3) is 0.889. The highest BCUT2D eigenvalue weighted by Crippen LogP contribution is 2.06. The third-order valence-electron chi connectivity index (χ3n) is 1.85. The largest absolute Gasteiger partial charge is 0.513 e. The summed E-state index contributed by atoms with van der Waals surface area (Å²) in [7, 11) is 1.50. The quantitative estimate of drug-likeness (QED) is 0.267. The highest BCUT2D eigenvalue weighted by atomic mass is 32.1. The number of methoxy groups -OCH3 is 1. The standard InChI is InChI=1S/C9H19O3SSi/c1-3-4-5-6-7(13)14-9(11)8(10)12-2/h7-8,10-11,13H,3-6H2,1-2H3. The van der Waals surface area contributed by atoms with E-state index in [-0.39, 0.29) is 19.4 Å². The van der Waals surface area contributed by atoms with Crippen molar-refractivity contribution in [3.05, 3.63) is 0 Å². The van der Waals surface area contributed by atoms with Crippen LogP contribution in [0.1, 0.15) is 32.6 Å². The zero-order valence-corrected chi connectivity index (χ0v) is 10.6. The number of aliphatic hydroxyl groups is 2. The average molecular weight is 235 g/mol. The van der Waals surface area contributed by atoms with Gasteiger partial charge in [0.15, 0.2) is 0 Å². The Morgan fingerprint density at radius 3 is 2.64 bits per heavy atom. The number of hydrogen-bond donors (Lipinski definition) is 3. The Morgan fingerprint density at radius 2 is 2.14 bits per heavy atom. The molecule has 0 saturated carbocycles. The van der Waals surface area contributed by atoms with Gasteiger partial charge in [-0.05, 0) is 6.42 Å². The van der Waals surface area contributed by atoms with Gasteiger partial charge in [0.1, 0.15) is 5.35 Å². The Morgan fingerprint density at radius 1 is 1.50 bits per heavy atom. The molecule has 2 atom stereocenters. The fourth-order valence-corrected chi connectivity index (χ4v) is 2.54. The number of hydrogen-bond acceptors (Lipinski definition) is 4. The zero-order valence-electron chi connectivity index (χ0n) is 8.73. The Kier molecular flexibility index (Phi) is 8.56. The van der Waals surface area contributed by atoms with Gasteiger partial charge in [-0.15, -0.1) is 0 Å². The van der Waals surface area contributed by atoms with E-state index in [2.05, 4.69) is 24.3 Å². The van der Waals surface area contributed by atoms with Crippen molar-refractivity contribution >= 4 is 27.1 Å². The van der Waals surface area contributed by atoms with E-state index < -0.39 is 6.29 Å². The molecule has 3 nitrogen and oxygen atoms in total. The predicted molar refractivity (Wildman–Crippen MR) is 62.6 cm³/mol. The molecule has 0 aliphatic rings. The van der Waals surface area contributed by atoms with E-state index in [1.807, 2.05) is 0 Å². The average Bonchev–Trinajstić information content (AvgIpc) is 2.16. The van der Waals surface area contributed by atoms with Crippen LogP contribution in [0.3, 0.4) is 0 Å². The lowest BCUT2D eigenvalue weighted by molar-refractivity contribution is -0.0290. The molecule has 0 saturated heterocycles. The molecule has 0 aliphatic heterocycles. The van der Waals surface area contributed by atoms with Gasteiger partial charge < -0.3 is 14.9 Å². The fourth-order valence-electron chi connectivity index (χ4n) is 1.01. The first-order valence-electron chi connectivity index (χ1n) is 4.83. The Labute approximate surface area is 93.3 Å². The van der Waals surface area contributed by atoms with Crippen molar-refractivity contribution < 1.29 is 14.9 Å². The Balaban J connectivity index is 3.82. The monoisotopic (exact) mass is 235 g/mol. The minimum atomic E-state index is -1.16. The van der Waals surface area contributed by atoms with E-state index in [4.69, 9.17) is 5.11 Å². The predicted octanol–water partition coefficient (Wildman–Crippen LogP) is 0.994. The van der Waals surface area contributed by atoms with Crippen LogP contribution in [-0.4, -0.2) is 43.0 Å². The maximum Gasteiger partial charge on any atom is 0.207 e. The van der Waals surface area contributed by atoms with E-state index in [1.54, 1.807) is 0 Å². The number of aliphatic hydroxyl groups excluding tert-OH is 2. The minimum absolute atomic E-state index is 0.0102. The topological polar surface area (TPSA) is 49.7 Å². The summed E-state index contributed by atoms with van der Waals surface area (Å²) in [5, 5.41) is 18.5. The van der Waals surface area contributed by atoms with E-state index in [9.17, 15) is 5.11 Å². The van der Waals surface area contributed by atoms with E-state index in [0.29, 0.717) is 0 Å². The normalized spacial score (nSPS) is 16.7. The SMILES string of the molecule is CCCCCC(S)[Si]=C(O)C(O)OC. The molecule has 5 heteroatoms. The van der Waals surface area contributed by atoms with E-state index in [1.165, 1.54) is 20.0 Å². The van der Waals surface area contributed by atoms with Crippen molar-refractivity contribution in [3.8, 4) is 0 Å². The van der Waals surface area contributed by atoms with Crippen molar-refractivity contribution in [2.24, 2.45) is 0 Å². The summed E-state index contributed by atoms with van der Waals surface area (Å²) in [6.45, 7) is 2.15. The first kappa shape index (κ1) is 14.2. The summed E-state index contributed by atoms with van der Waals surface area (Å²) in [6.07, 6.45) is 3.30. The molecule has 0 spiro atoms. The van der Waals surface area contributed by atoms with Crippen molar-refractivity contribution in [3.63, 3.8) is 0 Å². The summed E-state index contributed by atoms with van der Waals surface area (Å²) >= 11 is 4.34. The van der Waals surface area contributed by atoms with Crippen LogP contribution in [0.25, 0.3) is 0 Å². The maximum atomic E-state index is 9.35. The first-order chi connectivity index (χ1) is 6.61. The molecule has 1 radical (unpaired) electrons. The van der Waals surface area contributed by atoms with Crippen LogP contribution in [0.15, 0.2) is 0 Å². The van der Waals surface area contributed by atoms with E-state index in [0.717, 1.165) is 12.8 Å². The molecule has 0 aromatic carbocycles. The van der Waals surface area contributed by atoms with Gasteiger partial charge in [0.25, 0.3) is 0 Å². The lowest BCUT2D eigenvalue weighted by Gasteiger charge is -2.09. The summed E-state index contributed by atoms with van der Waals surface area (Å²) in [6, 6.07) is 0. The molecule has 0 rings (SSSR count). The van der Waals surface area contributed by atoms with Crippen molar-refractivity contribution in [2.45, 2.75) is 43.8 Å². The second kappa shape index (κ2) is 8.46. The molecule has 0 bridgehead atoms. The van der Waals surface area contributed by atoms with Gasteiger partial charge in [0.05, 0.1) is 9.13 Å². The third-order valence-corrected chi connectivity index (χ3v) is 3.66. The van der Waals surface area contributed by atoms with Gasteiger partial charge in [-0.3, -0.25) is 0 Å². The molecule has 83 valence electrons. The number of thiol groups is 1. The first-order valence-corrected chi connectivity index (χ1v) is 6.42. The lowest BCUT2D eigenvalue weighted by atomic mass is 10.2. The minimum Gasteiger partial charge on any atom is -0.513 e. The van der Waals surface area contributed by atoms with Gasteiger partial charge in [0.2, 0.25) is 6.29 Å². The molecule has 0 amide bonds. The zero-order chi connectivity index (χ0) is 11.0. The number of rotatable bonds is 7. The van der Waals surface area contributed by atoms with E-state index >= 15 is 0 Å². The molecule has 2 N–H and O–H groups in total. The third kappa shape index (κ3) is 6.59. The highest BCUT2D eigenvalue weighted by Gasteiger charge is 2.09. The van der Waals surface area contributed by atoms with Crippen molar-refractivity contribution in [1.29, 1.82) is 0 Å². The highest BCUT2D eigenvalue weighted by molar-refractivity contribution is 7.82. The summed E-state index contributed by atoms with van der Waals surface area (Å²) in [5.74, 6) is 0. The van der Waals surface area contributed by atoms with Gasteiger partial charge in [-0.1, -0.05) is 26.2 Å². The smallest absolute Gasteiger partial charge is 0.207 e. The van der Waals surface area contributed by atoms with Crippen LogP contribution in [-0.2, 0) is 4.74 Å². The molecular weight excluding hydrogens is 216 g/mol. The van der Waals surface area contributed by atoms with Gasteiger partial charge in [0, 0.05) is 12.0 Å². The van der Waals surface area contributed by atoms with Crippen LogP contribution in [0, 0.1) is 0 Å². The molecule has 14 heavy (non-hydrogen) atoms. The summed E-state index contributed by atoms with van der Waals surface area (Å²) in [5.41, 5.74) is 0. The number of unbranched alkanes of at least 4 members (excludes halogenated alkanes) is 2. The lowest BCUT2D eigenvalue weighted by Crippen LogP contribution is -2.27. The van der Waals surface area contributed by atoms with Crippen LogP contribution in [0.5, 0.6) is 0 Å². The molecule has 0 heterocycles. The Bertz CT molecular complexity index is 175. The molecule has 0 aromatic heterocycles. The van der Waals surface area contributed by atoms with Crippen LogP contribution < -0.4 is 0 Å². The van der Waals surface area contributed by atoms with Crippen LogP contribution in [0.2, 0.25) is 0 Å². The van der Waals surface area contributed by atoms with Gasteiger partial charge in [-0.2, -0.15) is 12.6 Å². The summed E-state index contributed by atoms with van der Waals surface area (Å²) in [4.78, 5) is 0.131. The second-order valence-corrected chi connectivity index (χ2v) is 5.74. The van der Waals surface area contributed by atoms with Crippen LogP contribution >= 0.6 is 12.6 Å². The molecular formula is C9H19O3SSi. The van der Waals surface area contributed by atoms with Gasteiger partial charge >= 0.3 is 0 Å². The molecule has 0 aromatic rings. The molecule has 0 fully saturated rings. The molecule has 0 aliphatic carbocycles. The number of ether oxygens (including phenoxy) is 1.